The van der Waals surface area contributed by atoms with Crippen LogP contribution in [0.4, 0.5) is 18.9 Å². The zero-order valence-electron chi connectivity index (χ0n) is 20.2. The molecule has 7 nitrogen and oxygen atoms in total. The third kappa shape index (κ3) is 7.32. The van der Waals surface area contributed by atoms with Crippen LogP contribution in [0.2, 0.25) is 0 Å². The third-order valence-corrected chi connectivity index (χ3v) is 5.86. The Morgan fingerprint density at radius 1 is 1.22 bits per heavy atom. The number of aromatic nitrogens is 2. The van der Waals surface area contributed by atoms with Gasteiger partial charge in [-0.15, -0.1) is 11.8 Å². The van der Waals surface area contributed by atoms with E-state index < -0.39 is 18.6 Å². The first-order valence-electron chi connectivity index (χ1n) is 11.0. The van der Waals surface area contributed by atoms with Crippen LogP contribution >= 0.6 is 11.8 Å². The zero-order valence-corrected chi connectivity index (χ0v) is 21.0. The van der Waals surface area contributed by atoms with Gasteiger partial charge in [-0.2, -0.15) is 13.2 Å². The van der Waals surface area contributed by atoms with Crippen molar-refractivity contribution in [2.45, 2.75) is 24.0 Å². The standard InChI is InChI=1S/C25H27F3N4O3S/c1-34-11-5-10-30-24(33)19-12-17(13-21-23(19)31-16-32(21)15-25(26,27)28)6-4-9-29-20-8-7-18(36-3)14-22(20)35-2/h7-8,12-14,16,29H,5,9-11,15H2,1-3H3,(H,30,33). The van der Waals surface area contributed by atoms with E-state index in [2.05, 4.69) is 27.5 Å². The molecular weight excluding hydrogens is 493 g/mol. The van der Waals surface area contributed by atoms with Gasteiger partial charge in [0.25, 0.3) is 5.91 Å². The van der Waals surface area contributed by atoms with Crippen molar-refractivity contribution in [2.24, 2.45) is 0 Å². The fourth-order valence-corrected chi connectivity index (χ4v) is 3.90. The number of methoxy groups -OCH3 is 2. The molecule has 0 saturated carbocycles. The number of thioether (sulfide) groups is 1. The van der Waals surface area contributed by atoms with Crippen molar-refractivity contribution in [2.75, 3.05) is 45.5 Å². The summed E-state index contributed by atoms with van der Waals surface area (Å²) >= 11 is 1.60. The summed E-state index contributed by atoms with van der Waals surface area (Å²) in [5.41, 5.74) is 1.70. The maximum Gasteiger partial charge on any atom is 0.406 e. The summed E-state index contributed by atoms with van der Waals surface area (Å²) in [6.07, 6.45) is -0.782. The molecule has 0 unspecified atom stereocenters. The van der Waals surface area contributed by atoms with E-state index in [0.29, 0.717) is 30.9 Å². The fraction of sp³-hybridized carbons (Fsp3) is 0.360. The zero-order chi connectivity index (χ0) is 26.1. The number of hydrogen-bond donors (Lipinski definition) is 2. The summed E-state index contributed by atoms with van der Waals surface area (Å²) < 4.78 is 50.6. The summed E-state index contributed by atoms with van der Waals surface area (Å²) in [7, 11) is 3.14. The predicted molar refractivity (Wildman–Crippen MR) is 135 cm³/mol. The highest BCUT2D eigenvalue weighted by atomic mass is 32.2. The summed E-state index contributed by atoms with van der Waals surface area (Å²) in [6.45, 7) is -0.135. The van der Waals surface area contributed by atoms with Gasteiger partial charge in [0, 0.05) is 30.7 Å². The molecule has 0 atom stereocenters. The average Bonchev–Trinajstić information content (AvgIpc) is 3.24. The largest absolute Gasteiger partial charge is 0.495 e. The molecule has 0 radical (unpaired) electrons. The summed E-state index contributed by atoms with van der Waals surface area (Å²) in [4.78, 5) is 17.9. The number of rotatable bonds is 10. The number of nitrogens with zero attached hydrogens (tertiary/aromatic N) is 2. The number of amides is 1. The second-order valence-corrected chi connectivity index (χ2v) is 8.58. The Labute approximate surface area is 211 Å². The molecule has 0 bridgehead atoms. The van der Waals surface area contributed by atoms with E-state index in [1.54, 1.807) is 32.0 Å². The SMILES string of the molecule is COCCCNC(=O)c1cc(C#CCNc2ccc(SC)cc2OC)cc2c1ncn2CC(F)(F)F. The first-order chi connectivity index (χ1) is 17.3. The van der Waals surface area contributed by atoms with E-state index in [4.69, 9.17) is 9.47 Å². The van der Waals surface area contributed by atoms with Gasteiger partial charge in [-0.05, 0) is 43.0 Å². The molecule has 3 rings (SSSR count). The smallest absolute Gasteiger partial charge is 0.406 e. The number of nitrogens with one attached hydrogen (secondary N) is 2. The molecule has 0 spiro atoms. The lowest BCUT2D eigenvalue weighted by atomic mass is 10.1. The fourth-order valence-electron chi connectivity index (χ4n) is 3.47. The summed E-state index contributed by atoms with van der Waals surface area (Å²) in [5, 5.41) is 5.93. The van der Waals surface area contributed by atoms with Gasteiger partial charge < -0.3 is 24.7 Å². The molecule has 0 fully saturated rings. The molecule has 2 aromatic carbocycles. The van der Waals surface area contributed by atoms with Crippen molar-refractivity contribution in [1.29, 1.82) is 0 Å². The minimum absolute atomic E-state index is 0.164. The lowest BCUT2D eigenvalue weighted by Crippen LogP contribution is -2.25. The van der Waals surface area contributed by atoms with E-state index >= 15 is 0 Å². The summed E-state index contributed by atoms with van der Waals surface area (Å²) in [5.74, 6) is 6.14. The molecule has 0 saturated heterocycles. The van der Waals surface area contributed by atoms with E-state index in [1.807, 2.05) is 24.5 Å². The Balaban J connectivity index is 1.86. The second-order valence-electron chi connectivity index (χ2n) is 7.70. The van der Waals surface area contributed by atoms with E-state index in [-0.39, 0.29) is 23.1 Å². The second kappa shape index (κ2) is 12.6. The Hall–Kier alpha value is -3.36. The van der Waals surface area contributed by atoms with Crippen LogP contribution in [0.15, 0.2) is 41.6 Å². The average molecular weight is 521 g/mol. The molecular formula is C25H27F3N4O3S. The van der Waals surface area contributed by atoms with Crippen molar-refractivity contribution in [3.8, 4) is 17.6 Å². The van der Waals surface area contributed by atoms with Gasteiger partial charge in [0.2, 0.25) is 0 Å². The highest BCUT2D eigenvalue weighted by Crippen LogP contribution is 2.29. The van der Waals surface area contributed by atoms with Gasteiger partial charge in [0.1, 0.15) is 17.8 Å². The van der Waals surface area contributed by atoms with Crippen LogP contribution in [0.3, 0.4) is 0 Å². The topological polar surface area (TPSA) is 77.4 Å². The molecule has 11 heteroatoms. The van der Waals surface area contributed by atoms with Crippen LogP contribution in [0.5, 0.6) is 5.75 Å². The van der Waals surface area contributed by atoms with Gasteiger partial charge in [0.15, 0.2) is 0 Å². The van der Waals surface area contributed by atoms with Crippen LogP contribution < -0.4 is 15.4 Å². The maximum absolute atomic E-state index is 13.1. The number of anilines is 1. The molecule has 0 aliphatic heterocycles. The number of benzene rings is 2. The molecule has 0 aliphatic carbocycles. The quantitative estimate of drug-likeness (QED) is 0.232. The number of carbonyl (C=O) groups is 1. The van der Waals surface area contributed by atoms with E-state index in [0.717, 1.165) is 21.5 Å². The first-order valence-corrected chi connectivity index (χ1v) is 12.3. The molecule has 1 heterocycles. The van der Waals surface area contributed by atoms with Crippen LogP contribution in [0.1, 0.15) is 22.3 Å². The van der Waals surface area contributed by atoms with Crippen LogP contribution in [0.25, 0.3) is 11.0 Å². The van der Waals surface area contributed by atoms with Crippen molar-refractivity contribution < 1.29 is 27.4 Å². The van der Waals surface area contributed by atoms with Gasteiger partial charge in [0.05, 0.1) is 36.7 Å². The number of imidazole rings is 1. The number of hydrogen-bond acceptors (Lipinski definition) is 6. The lowest BCUT2D eigenvalue weighted by molar-refractivity contribution is -0.139. The Morgan fingerprint density at radius 3 is 2.72 bits per heavy atom. The van der Waals surface area contributed by atoms with Crippen LogP contribution in [0, 0.1) is 11.8 Å². The predicted octanol–water partition coefficient (Wildman–Crippen LogP) is 4.56. The highest BCUT2D eigenvalue weighted by molar-refractivity contribution is 7.98. The van der Waals surface area contributed by atoms with Crippen LogP contribution in [-0.2, 0) is 11.3 Å². The van der Waals surface area contributed by atoms with Crippen LogP contribution in [-0.4, -0.2) is 61.8 Å². The van der Waals surface area contributed by atoms with Gasteiger partial charge in [-0.1, -0.05) is 11.8 Å². The Morgan fingerprint density at radius 2 is 2.03 bits per heavy atom. The molecule has 1 amide bonds. The molecule has 192 valence electrons. The van der Waals surface area contributed by atoms with Crippen molar-refractivity contribution in [3.05, 3.63) is 47.8 Å². The monoisotopic (exact) mass is 520 g/mol. The van der Waals surface area contributed by atoms with Crippen molar-refractivity contribution >= 4 is 34.4 Å². The number of fused-ring (bicyclic) bond motifs is 1. The summed E-state index contributed by atoms with van der Waals surface area (Å²) in [6, 6.07) is 8.81. The minimum Gasteiger partial charge on any atom is -0.495 e. The van der Waals surface area contributed by atoms with Crippen molar-refractivity contribution in [3.63, 3.8) is 0 Å². The molecule has 36 heavy (non-hydrogen) atoms. The maximum atomic E-state index is 13.1. The molecule has 2 N–H and O–H groups in total. The third-order valence-electron chi connectivity index (χ3n) is 5.14. The lowest BCUT2D eigenvalue weighted by Gasteiger charge is -2.10. The number of ether oxygens (including phenoxy) is 2. The van der Waals surface area contributed by atoms with Crippen molar-refractivity contribution in [1.82, 2.24) is 14.9 Å². The number of halogens is 3. The normalized spacial score (nSPS) is 11.2. The molecule has 3 aromatic rings. The van der Waals surface area contributed by atoms with Gasteiger partial charge in [-0.3, -0.25) is 4.79 Å². The Kier molecular flexibility index (Phi) is 9.50. The van der Waals surface area contributed by atoms with E-state index in [9.17, 15) is 18.0 Å². The highest BCUT2D eigenvalue weighted by Gasteiger charge is 2.29. The molecule has 1 aromatic heterocycles. The number of alkyl halides is 3. The Bertz CT molecular complexity index is 1270. The number of carbonyl (C=O) groups excluding carboxylic acids is 1. The molecule has 0 aliphatic rings. The van der Waals surface area contributed by atoms with E-state index in [1.165, 1.54) is 6.07 Å². The van der Waals surface area contributed by atoms with Gasteiger partial charge >= 0.3 is 6.18 Å². The first kappa shape index (κ1) is 27.2. The minimum atomic E-state index is -4.44. The van der Waals surface area contributed by atoms with Gasteiger partial charge in [-0.25, -0.2) is 4.98 Å².